The van der Waals surface area contributed by atoms with E-state index in [1.54, 1.807) is 18.0 Å². The maximum atomic E-state index is 13.0. The average molecular weight is 453 g/mol. The first-order valence-corrected chi connectivity index (χ1v) is 11.4. The fourth-order valence-electron chi connectivity index (χ4n) is 4.19. The summed E-state index contributed by atoms with van der Waals surface area (Å²) in [5, 5.41) is 13.5. The van der Waals surface area contributed by atoms with E-state index in [0.29, 0.717) is 19.4 Å². The minimum atomic E-state index is -0.855. The molecule has 1 aliphatic rings. The van der Waals surface area contributed by atoms with Crippen LogP contribution >= 0.6 is 0 Å². The summed E-state index contributed by atoms with van der Waals surface area (Å²) in [7, 11) is 0. The highest BCUT2D eigenvalue weighted by molar-refractivity contribution is 5.80. The number of aliphatic hydroxyl groups is 1. The summed E-state index contributed by atoms with van der Waals surface area (Å²) in [6, 6.07) is 13.0. The Balaban J connectivity index is 1.56. The number of hydrogen-bond donors (Lipinski definition) is 3. The maximum absolute atomic E-state index is 13.0. The monoisotopic (exact) mass is 452 g/mol. The number of hydrogen-bond acceptors (Lipinski definition) is 5. The van der Waals surface area contributed by atoms with Crippen LogP contribution in [0.2, 0.25) is 0 Å². The number of likely N-dealkylation sites (tertiary alicyclic amines) is 1. The van der Waals surface area contributed by atoms with Crippen molar-refractivity contribution in [3.63, 3.8) is 0 Å². The van der Waals surface area contributed by atoms with Crippen LogP contribution in [0.4, 0.5) is 0 Å². The Bertz CT molecular complexity index is 966. The van der Waals surface area contributed by atoms with E-state index >= 15 is 0 Å². The number of nitrogens with two attached hydrogens (primary N) is 1. The number of aliphatic hydroxyl groups excluding tert-OH is 1. The number of aromatic nitrogens is 1. The fraction of sp³-hybridized carbons (Fsp3) is 0.440. The Hall–Kier alpha value is -3.26. The number of primary amides is 1. The van der Waals surface area contributed by atoms with Gasteiger partial charge in [-0.05, 0) is 42.5 Å². The molecule has 4 N–H and O–H groups in total. The van der Waals surface area contributed by atoms with Gasteiger partial charge in [-0.1, -0.05) is 31.2 Å². The summed E-state index contributed by atoms with van der Waals surface area (Å²) in [6.45, 7) is 2.48. The van der Waals surface area contributed by atoms with Crippen LogP contribution < -0.4 is 11.1 Å². The van der Waals surface area contributed by atoms with Crippen molar-refractivity contribution in [2.24, 2.45) is 11.7 Å². The lowest BCUT2D eigenvalue weighted by Gasteiger charge is -2.26. The molecule has 0 radical (unpaired) electrons. The molecule has 2 unspecified atom stereocenters. The van der Waals surface area contributed by atoms with Crippen molar-refractivity contribution in [1.29, 1.82) is 0 Å². The van der Waals surface area contributed by atoms with Crippen molar-refractivity contribution in [1.82, 2.24) is 15.2 Å². The van der Waals surface area contributed by atoms with Crippen LogP contribution in [0.1, 0.15) is 38.2 Å². The molecule has 1 fully saturated rings. The zero-order chi connectivity index (χ0) is 23.8. The third-order valence-corrected chi connectivity index (χ3v) is 5.84. The van der Waals surface area contributed by atoms with Gasteiger partial charge in [0.05, 0.1) is 24.3 Å². The van der Waals surface area contributed by atoms with Gasteiger partial charge < -0.3 is 21.1 Å². The van der Waals surface area contributed by atoms with Gasteiger partial charge in [0.1, 0.15) is 0 Å². The Morgan fingerprint density at radius 2 is 2.03 bits per heavy atom. The standard InChI is InChI=1S/C25H32N4O4/c1-17(12-23(26)31)13-24(32)28-21-9-5-11-29(16-22(21)30)25(33)15-18-6-4-7-19(14-18)20-8-2-3-10-27-20/h2-4,6-8,10,14,17,21-22,30H,5,9,11-13,15-16H2,1H3,(H2,26,31)(H,28,32)/t17-,21?,22?/m0/s1. The van der Waals surface area contributed by atoms with Gasteiger partial charge in [-0.3, -0.25) is 19.4 Å². The molecule has 33 heavy (non-hydrogen) atoms. The number of nitrogens with one attached hydrogen (secondary N) is 1. The van der Waals surface area contributed by atoms with Crippen LogP contribution in [0.25, 0.3) is 11.3 Å². The molecule has 2 heterocycles. The smallest absolute Gasteiger partial charge is 0.227 e. The second-order valence-corrected chi connectivity index (χ2v) is 8.80. The first-order valence-electron chi connectivity index (χ1n) is 11.4. The van der Waals surface area contributed by atoms with E-state index in [-0.39, 0.29) is 43.5 Å². The quantitative estimate of drug-likeness (QED) is 0.562. The zero-order valence-electron chi connectivity index (χ0n) is 18.9. The van der Waals surface area contributed by atoms with Crippen molar-refractivity contribution in [3.8, 4) is 11.3 Å². The molecular formula is C25H32N4O4. The first kappa shape index (κ1) is 24.4. The van der Waals surface area contributed by atoms with Crippen molar-refractivity contribution >= 4 is 17.7 Å². The largest absolute Gasteiger partial charge is 0.389 e. The Kier molecular flexibility index (Phi) is 8.54. The van der Waals surface area contributed by atoms with E-state index in [0.717, 1.165) is 16.8 Å². The Labute approximate surface area is 194 Å². The lowest BCUT2D eigenvalue weighted by atomic mass is 10.0. The number of pyridine rings is 1. The number of amides is 3. The summed E-state index contributed by atoms with van der Waals surface area (Å²) in [5.74, 6) is -0.886. The molecular weight excluding hydrogens is 420 g/mol. The van der Waals surface area contributed by atoms with Gasteiger partial charge in [-0.25, -0.2) is 0 Å². The van der Waals surface area contributed by atoms with Gasteiger partial charge in [0.2, 0.25) is 17.7 Å². The van der Waals surface area contributed by atoms with E-state index in [1.165, 1.54) is 0 Å². The van der Waals surface area contributed by atoms with Crippen LogP contribution in [0.3, 0.4) is 0 Å². The second-order valence-electron chi connectivity index (χ2n) is 8.80. The number of carbonyl (C=O) groups is 3. The van der Waals surface area contributed by atoms with Gasteiger partial charge in [-0.15, -0.1) is 0 Å². The summed E-state index contributed by atoms with van der Waals surface area (Å²) < 4.78 is 0. The van der Waals surface area contributed by atoms with Crippen LogP contribution in [0, 0.1) is 5.92 Å². The van der Waals surface area contributed by atoms with Crippen LogP contribution in [-0.4, -0.2) is 57.9 Å². The lowest BCUT2D eigenvalue weighted by molar-refractivity contribution is -0.131. The number of nitrogens with zero attached hydrogens (tertiary/aromatic N) is 2. The van der Waals surface area contributed by atoms with Crippen molar-refractivity contribution < 1.29 is 19.5 Å². The zero-order valence-corrected chi connectivity index (χ0v) is 18.9. The van der Waals surface area contributed by atoms with Gasteiger partial charge in [0.25, 0.3) is 0 Å². The van der Waals surface area contributed by atoms with E-state index in [9.17, 15) is 19.5 Å². The molecule has 1 aromatic carbocycles. The molecule has 3 rings (SSSR count). The van der Waals surface area contributed by atoms with Crippen molar-refractivity contribution in [2.75, 3.05) is 13.1 Å². The summed E-state index contributed by atoms with van der Waals surface area (Å²) in [4.78, 5) is 42.3. The molecule has 2 aromatic rings. The molecule has 0 spiro atoms. The molecule has 3 atom stereocenters. The predicted molar refractivity (Wildman–Crippen MR) is 125 cm³/mol. The van der Waals surface area contributed by atoms with Crippen LogP contribution in [-0.2, 0) is 20.8 Å². The van der Waals surface area contributed by atoms with Crippen molar-refractivity contribution in [3.05, 3.63) is 54.2 Å². The average Bonchev–Trinajstić information content (AvgIpc) is 2.95. The molecule has 1 aliphatic heterocycles. The molecule has 176 valence electrons. The summed E-state index contributed by atoms with van der Waals surface area (Å²) >= 11 is 0. The number of benzene rings is 1. The SMILES string of the molecule is C[C@@H](CC(N)=O)CC(=O)NC1CCCN(C(=O)Cc2cccc(-c3ccccn3)c2)CC1O. The molecule has 1 aromatic heterocycles. The maximum Gasteiger partial charge on any atom is 0.227 e. The molecule has 8 heteroatoms. The summed E-state index contributed by atoms with van der Waals surface area (Å²) in [6.07, 6.45) is 2.68. The van der Waals surface area contributed by atoms with Crippen LogP contribution in [0.5, 0.6) is 0 Å². The van der Waals surface area contributed by atoms with E-state index in [2.05, 4.69) is 10.3 Å². The number of β-amino-alcohol motifs (C(OH)–C–C–N with tert-alkyl or cyclic N) is 1. The highest BCUT2D eigenvalue weighted by Gasteiger charge is 2.29. The third-order valence-electron chi connectivity index (χ3n) is 5.84. The normalized spacial score (nSPS) is 19.4. The Morgan fingerprint density at radius 3 is 2.76 bits per heavy atom. The van der Waals surface area contributed by atoms with E-state index in [4.69, 9.17) is 5.73 Å². The number of carbonyl (C=O) groups excluding carboxylic acids is 3. The number of rotatable bonds is 8. The minimum Gasteiger partial charge on any atom is -0.389 e. The highest BCUT2D eigenvalue weighted by atomic mass is 16.3. The first-order chi connectivity index (χ1) is 15.8. The lowest BCUT2D eigenvalue weighted by Crippen LogP contribution is -2.47. The van der Waals surface area contributed by atoms with Crippen LogP contribution in [0.15, 0.2) is 48.7 Å². The molecule has 1 saturated heterocycles. The fourth-order valence-corrected chi connectivity index (χ4v) is 4.19. The third kappa shape index (κ3) is 7.39. The predicted octanol–water partition coefficient (Wildman–Crippen LogP) is 1.66. The van der Waals surface area contributed by atoms with E-state index in [1.807, 2.05) is 42.5 Å². The van der Waals surface area contributed by atoms with Gasteiger partial charge >= 0.3 is 0 Å². The van der Waals surface area contributed by atoms with E-state index < -0.39 is 18.1 Å². The molecule has 0 aliphatic carbocycles. The van der Waals surface area contributed by atoms with Gasteiger partial charge in [-0.2, -0.15) is 0 Å². The minimum absolute atomic E-state index is 0.0609. The topological polar surface area (TPSA) is 126 Å². The van der Waals surface area contributed by atoms with Gasteiger partial charge in [0.15, 0.2) is 0 Å². The summed E-state index contributed by atoms with van der Waals surface area (Å²) in [5.41, 5.74) is 7.86. The van der Waals surface area contributed by atoms with Gasteiger partial charge in [0, 0.05) is 37.7 Å². The van der Waals surface area contributed by atoms with Crippen molar-refractivity contribution in [2.45, 2.75) is 51.2 Å². The molecule has 0 saturated carbocycles. The molecule has 3 amide bonds. The molecule has 8 nitrogen and oxygen atoms in total. The highest BCUT2D eigenvalue weighted by Crippen LogP contribution is 2.19. The molecule has 0 bridgehead atoms. The Morgan fingerprint density at radius 1 is 1.21 bits per heavy atom. The second kappa shape index (κ2) is 11.6.